The number of thioether (sulfide) groups is 1. The van der Waals surface area contributed by atoms with Gasteiger partial charge < -0.3 is 9.80 Å². The van der Waals surface area contributed by atoms with Crippen molar-refractivity contribution < 1.29 is 9.72 Å². The van der Waals surface area contributed by atoms with Crippen LogP contribution in [-0.2, 0) is 18.3 Å². The van der Waals surface area contributed by atoms with Gasteiger partial charge in [0.25, 0.3) is 11.2 Å². The van der Waals surface area contributed by atoms with Crippen molar-refractivity contribution in [1.82, 2.24) is 14.5 Å². The summed E-state index contributed by atoms with van der Waals surface area (Å²) in [5, 5.41) is 11.1. The van der Waals surface area contributed by atoms with E-state index in [1.165, 1.54) is 34.5 Å². The molecule has 3 rings (SSSR count). The summed E-state index contributed by atoms with van der Waals surface area (Å²) in [7, 11) is 1.68. The SMILES string of the molecule is CCc1cc(=O)n(C)c(SC(CC)C(=O)N2CCN(c3ccc([N+](=O)[O-])cc3)CC2)n1. The summed E-state index contributed by atoms with van der Waals surface area (Å²) in [4.78, 5) is 44.2. The van der Waals surface area contributed by atoms with E-state index >= 15 is 0 Å². The fourth-order valence-electron chi connectivity index (χ4n) is 3.46. The van der Waals surface area contributed by atoms with Gasteiger partial charge >= 0.3 is 0 Å². The summed E-state index contributed by atoms with van der Waals surface area (Å²) >= 11 is 1.35. The van der Waals surface area contributed by atoms with E-state index in [9.17, 15) is 19.7 Å². The fraction of sp³-hybridized carbons (Fsp3) is 0.476. The number of non-ortho nitro benzene ring substituents is 1. The Bertz CT molecular complexity index is 1000. The Morgan fingerprint density at radius 1 is 1.19 bits per heavy atom. The van der Waals surface area contributed by atoms with E-state index in [-0.39, 0.29) is 22.4 Å². The second-order valence-electron chi connectivity index (χ2n) is 7.38. The van der Waals surface area contributed by atoms with Gasteiger partial charge in [0.15, 0.2) is 5.16 Å². The normalized spacial score (nSPS) is 15.1. The van der Waals surface area contributed by atoms with Crippen molar-refractivity contribution in [3.05, 3.63) is 56.5 Å². The smallest absolute Gasteiger partial charge is 0.269 e. The number of anilines is 1. The molecule has 10 heteroatoms. The van der Waals surface area contributed by atoms with E-state index in [0.29, 0.717) is 44.2 Å². The maximum atomic E-state index is 13.1. The second-order valence-corrected chi connectivity index (χ2v) is 8.55. The number of nitro benzene ring substituents is 1. The van der Waals surface area contributed by atoms with Crippen molar-refractivity contribution in [3.8, 4) is 0 Å². The predicted octanol–water partition coefficient (Wildman–Crippen LogP) is 2.47. The lowest BCUT2D eigenvalue weighted by Crippen LogP contribution is -2.51. The molecule has 1 aromatic carbocycles. The van der Waals surface area contributed by atoms with Crippen molar-refractivity contribution in [3.63, 3.8) is 0 Å². The molecule has 1 amide bonds. The van der Waals surface area contributed by atoms with Gasteiger partial charge in [0, 0.05) is 62.8 Å². The number of aromatic nitrogens is 2. The molecule has 31 heavy (non-hydrogen) atoms. The maximum absolute atomic E-state index is 13.1. The summed E-state index contributed by atoms with van der Waals surface area (Å²) in [5.74, 6) is 0.0481. The van der Waals surface area contributed by atoms with Gasteiger partial charge in [-0.3, -0.25) is 24.3 Å². The Kier molecular flexibility index (Phi) is 7.32. The molecule has 9 nitrogen and oxygen atoms in total. The molecule has 0 aliphatic carbocycles. The van der Waals surface area contributed by atoms with Gasteiger partial charge in [0.05, 0.1) is 10.2 Å². The first kappa shape index (κ1) is 22.8. The first-order valence-corrected chi connectivity index (χ1v) is 11.2. The summed E-state index contributed by atoms with van der Waals surface area (Å²) in [6, 6.07) is 8.02. The summed E-state index contributed by atoms with van der Waals surface area (Å²) in [6.07, 6.45) is 1.30. The van der Waals surface area contributed by atoms with Crippen molar-refractivity contribution >= 4 is 29.0 Å². The molecule has 1 aromatic heterocycles. The van der Waals surface area contributed by atoms with Gasteiger partial charge in [-0.25, -0.2) is 4.98 Å². The zero-order valence-electron chi connectivity index (χ0n) is 18.0. The van der Waals surface area contributed by atoms with Crippen LogP contribution < -0.4 is 10.5 Å². The van der Waals surface area contributed by atoms with Crippen LogP contribution in [0.4, 0.5) is 11.4 Å². The zero-order valence-corrected chi connectivity index (χ0v) is 18.8. The number of carbonyl (C=O) groups is 1. The zero-order chi connectivity index (χ0) is 22.5. The van der Waals surface area contributed by atoms with Crippen molar-refractivity contribution in [2.45, 2.75) is 37.1 Å². The van der Waals surface area contributed by atoms with E-state index < -0.39 is 4.92 Å². The molecule has 0 saturated carbocycles. The predicted molar refractivity (Wildman–Crippen MR) is 121 cm³/mol. The van der Waals surface area contributed by atoms with Crippen LogP contribution in [0.15, 0.2) is 40.3 Å². The molecule has 0 radical (unpaired) electrons. The number of hydrogen-bond acceptors (Lipinski definition) is 7. The molecule has 0 N–H and O–H groups in total. The van der Waals surface area contributed by atoms with Gasteiger partial charge in [0.2, 0.25) is 5.91 Å². The molecule has 1 fully saturated rings. The van der Waals surface area contributed by atoms with Crippen molar-refractivity contribution in [1.29, 1.82) is 0 Å². The third-order valence-electron chi connectivity index (χ3n) is 5.42. The first-order valence-electron chi connectivity index (χ1n) is 10.4. The fourth-order valence-corrected chi connectivity index (χ4v) is 4.55. The lowest BCUT2D eigenvalue weighted by atomic mass is 10.2. The minimum absolute atomic E-state index is 0.0481. The Hall–Kier alpha value is -2.88. The summed E-state index contributed by atoms with van der Waals surface area (Å²) in [6.45, 7) is 6.38. The topological polar surface area (TPSA) is 102 Å². The Morgan fingerprint density at radius 2 is 1.84 bits per heavy atom. The van der Waals surface area contributed by atoms with E-state index in [2.05, 4.69) is 9.88 Å². The highest BCUT2D eigenvalue weighted by molar-refractivity contribution is 8.00. The summed E-state index contributed by atoms with van der Waals surface area (Å²) in [5.41, 5.74) is 1.59. The number of amides is 1. The molecule has 1 aliphatic heterocycles. The van der Waals surface area contributed by atoms with Crippen LogP contribution in [-0.4, -0.2) is 56.7 Å². The molecule has 2 aromatic rings. The van der Waals surface area contributed by atoms with E-state index in [1.807, 2.05) is 18.7 Å². The Labute approximate surface area is 185 Å². The van der Waals surface area contributed by atoms with Crippen LogP contribution >= 0.6 is 11.8 Å². The van der Waals surface area contributed by atoms with Crippen LogP contribution in [0.25, 0.3) is 0 Å². The van der Waals surface area contributed by atoms with Crippen LogP contribution in [0.1, 0.15) is 26.0 Å². The molecule has 1 unspecified atom stereocenters. The average Bonchev–Trinajstić information content (AvgIpc) is 2.79. The van der Waals surface area contributed by atoms with Crippen LogP contribution in [0.3, 0.4) is 0 Å². The van der Waals surface area contributed by atoms with Crippen LogP contribution in [0, 0.1) is 10.1 Å². The molecular formula is C21H27N5O4S. The van der Waals surface area contributed by atoms with Gasteiger partial charge in [0.1, 0.15) is 0 Å². The number of benzene rings is 1. The summed E-state index contributed by atoms with van der Waals surface area (Å²) < 4.78 is 1.49. The van der Waals surface area contributed by atoms with E-state index in [4.69, 9.17) is 0 Å². The monoisotopic (exact) mass is 445 g/mol. The third-order valence-corrected chi connectivity index (χ3v) is 6.82. The standard InChI is InChI=1S/C21H27N5O4S/c1-4-15-14-19(27)23(3)21(22-15)31-18(5-2)20(28)25-12-10-24(11-13-25)16-6-8-17(9-7-16)26(29)30/h6-9,14,18H,4-5,10-13H2,1-3H3. The third kappa shape index (κ3) is 5.25. The lowest BCUT2D eigenvalue weighted by Gasteiger charge is -2.37. The number of piperazine rings is 1. The average molecular weight is 446 g/mol. The molecule has 0 spiro atoms. The Balaban J connectivity index is 1.64. The Morgan fingerprint density at radius 3 is 2.39 bits per heavy atom. The molecule has 166 valence electrons. The van der Waals surface area contributed by atoms with E-state index in [1.54, 1.807) is 19.2 Å². The number of rotatable bonds is 7. The van der Waals surface area contributed by atoms with Gasteiger partial charge in [-0.2, -0.15) is 0 Å². The number of nitrogens with zero attached hydrogens (tertiary/aromatic N) is 5. The second kappa shape index (κ2) is 9.95. The largest absolute Gasteiger partial charge is 0.368 e. The highest BCUT2D eigenvalue weighted by Crippen LogP contribution is 2.26. The number of aryl methyl sites for hydroxylation is 1. The quantitative estimate of drug-likeness (QED) is 0.279. The van der Waals surface area contributed by atoms with E-state index in [0.717, 1.165) is 11.4 Å². The molecule has 2 heterocycles. The number of carbonyl (C=O) groups excluding carboxylic acids is 1. The number of nitro groups is 1. The van der Waals surface area contributed by atoms with Crippen LogP contribution in [0.5, 0.6) is 0 Å². The molecule has 1 saturated heterocycles. The van der Waals surface area contributed by atoms with Crippen molar-refractivity contribution in [2.24, 2.45) is 7.05 Å². The highest BCUT2D eigenvalue weighted by atomic mass is 32.2. The first-order chi connectivity index (χ1) is 14.8. The number of hydrogen-bond donors (Lipinski definition) is 0. The van der Waals surface area contributed by atoms with Gasteiger partial charge in [-0.1, -0.05) is 25.6 Å². The highest BCUT2D eigenvalue weighted by Gasteiger charge is 2.28. The lowest BCUT2D eigenvalue weighted by molar-refractivity contribution is -0.384. The molecular weight excluding hydrogens is 418 g/mol. The molecule has 1 atom stereocenters. The minimum atomic E-state index is -0.413. The van der Waals surface area contributed by atoms with Gasteiger partial charge in [-0.15, -0.1) is 0 Å². The van der Waals surface area contributed by atoms with Crippen LogP contribution in [0.2, 0.25) is 0 Å². The minimum Gasteiger partial charge on any atom is -0.368 e. The molecule has 0 bridgehead atoms. The van der Waals surface area contributed by atoms with Gasteiger partial charge in [-0.05, 0) is 25.0 Å². The van der Waals surface area contributed by atoms with Crippen molar-refractivity contribution in [2.75, 3.05) is 31.1 Å². The maximum Gasteiger partial charge on any atom is 0.269 e. The molecule has 1 aliphatic rings.